The lowest BCUT2D eigenvalue weighted by atomic mass is 10.2. The number of rotatable bonds is 5. The first-order valence-electron chi connectivity index (χ1n) is 5.30. The van der Waals surface area contributed by atoms with Crippen LogP contribution in [0.15, 0.2) is 24.3 Å². The minimum absolute atomic E-state index is 0.134. The van der Waals surface area contributed by atoms with Gasteiger partial charge in [0.15, 0.2) is 0 Å². The quantitative estimate of drug-likeness (QED) is 0.604. The lowest BCUT2D eigenvalue weighted by Crippen LogP contribution is -2.07. The highest BCUT2D eigenvalue weighted by Gasteiger charge is 2.30. The van der Waals surface area contributed by atoms with Gasteiger partial charge in [0.25, 0.3) is 0 Å². The van der Waals surface area contributed by atoms with Gasteiger partial charge in [-0.3, -0.25) is 4.79 Å². The van der Waals surface area contributed by atoms with Crippen molar-refractivity contribution in [3.8, 4) is 5.75 Å². The zero-order valence-electron chi connectivity index (χ0n) is 9.79. The summed E-state index contributed by atoms with van der Waals surface area (Å²) in [5.74, 6) is -0.239. The molecule has 0 N–H and O–H groups in total. The Kier molecular flexibility index (Phi) is 5.00. The smallest absolute Gasteiger partial charge is 0.416 e. The number of carbonyl (C=O) groups excluding carboxylic acids is 1. The van der Waals surface area contributed by atoms with E-state index in [0.29, 0.717) is 6.42 Å². The molecular formula is C12H13F3O3. The van der Waals surface area contributed by atoms with E-state index in [1.54, 1.807) is 0 Å². The second kappa shape index (κ2) is 6.28. The van der Waals surface area contributed by atoms with Gasteiger partial charge in [-0.25, -0.2) is 0 Å². The van der Waals surface area contributed by atoms with Gasteiger partial charge in [0.05, 0.1) is 19.3 Å². The third-order valence-electron chi connectivity index (χ3n) is 2.18. The summed E-state index contributed by atoms with van der Waals surface area (Å²) in [5, 5.41) is 0. The Morgan fingerprint density at radius 3 is 2.67 bits per heavy atom. The number of esters is 1. The molecule has 0 bridgehead atoms. The highest BCUT2D eigenvalue weighted by Crippen LogP contribution is 2.31. The summed E-state index contributed by atoms with van der Waals surface area (Å²) in [7, 11) is 1.27. The molecule has 0 fully saturated rings. The zero-order chi connectivity index (χ0) is 13.6. The Morgan fingerprint density at radius 2 is 2.06 bits per heavy atom. The fourth-order valence-corrected chi connectivity index (χ4v) is 1.27. The van der Waals surface area contributed by atoms with Crippen molar-refractivity contribution in [2.75, 3.05) is 13.7 Å². The first kappa shape index (κ1) is 14.3. The summed E-state index contributed by atoms with van der Waals surface area (Å²) < 4.78 is 46.7. The topological polar surface area (TPSA) is 35.5 Å². The van der Waals surface area contributed by atoms with Crippen molar-refractivity contribution in [3.63, 3.8) is 0 Å². The van der Waals surface area contributed by atoms with Crippen molar-refractivity contribution >= 4 is 5.97 Å². The van der Waals surface area contributed by atoms with Crippen LogP contribution in [0.5, 0.6) is 5.75 Å². The SMILES string of the molecule is COC(=O)CCCOc1cccc(C(F)(F)F)c1. The van der Waals surface area contributed by atoms with Crippen LogP contribution in [0.25, 0.3) is 0 Å². The molecule has 100 valence electrons. The Hall–Kier alpha value is -1.72. The molecule has 18 heavy (non-hydrogen) atoms. The summed E-state index contributed by atoms with van der Waals surface area (Å²) in [6.07, 6.45) is -3.82. The fourth-order valence-electron chi connectivity index (χ4n) is 1.27. The number of carbonyl (C=O) groups is 1. The maximum atomic E-state index is 12.4. The molecule has 0 atom stereocenters. The van der Waals surface area contributed by atoms with Crippen LogP contribution in [0.1, 0.15) is 18.4 Å². The number of benzene rings is 1. The molecule has 0 aliphatic heterocycles. The van der Waals surface area contributed by atoms with Crippen LogP contribution < -0.4 is 4.74 Å². The molecule has 0 unspecified atom stereocenters. The van der Waals surface area contributed by atoms with Crippen molar-refractivity contribution in [3.05, 3.63) is 29.8 Å². The summed E-state index contributed by atoms with van der Waals surface area (Å²) in [6, 6.07) is 4.62. The molecule has 6 heteroatoms. The van der Waals surface area contributed by atoms with E-state index in [1.165, 1.54) is 19.2 Å². The Bertz CT molecular complexity index is 402. The van der Waals surface area contributed by atoms with Gasteiger partial charge in [0.1, 0.15) is 5.75 Å². The van der Waals surface area contributed by atoms with Gasteiger partial charge in [-0.1, -0.05) is 6.07 Å². The van der Waals surface area contributed by atoms with Crippen LogP contribution in [0.4, 0.5) is 13.2 Å². The molecule has 0 heterocycles. The van der Waals surface area contributed by atoms with Gasteiger partial charge >= 0.3 is 12.1 Å². The normalized spacial score (nSPS) is 11.1. The van der Waals surface area contributed by atoms with Crippen molar-refractivity contribution in [1.82, 2.24) is 0 Å². The number of ether oxygens (including phenoxy) is 2. The largest absolute Gasteiger partial charge is 0.494 e. The monoisotopic (exact) mass is 262 g/mol. The third kappa shape index (κ3) is 4.65. The minimum Gasteiger partial charge on any atom is -0.494 e. The van der Waals surface area contributed by atoms with E-state index in [4.69, 9.17) is 4.74 Å². The molecular weight excluding hydrogens is 249 g/mol. The molecule has 0 saturated carbocycles. The van der Waals surface area contributed by atoms with E-state index in [9.17, 15) is 18.0 Å². The average Bonchev–Trinajstić information content (AvgIpc) is 2.33. The molecule has 3 nitrogen and oxygen atoms in total. The molecule has 0 radical (unpaired) electrons. The average molecular weight is 262 g/mol. The maximum Gasteiger partial charge on any atom is 0.416 e. The van der Waals surface area contributed by atoms with Crippen LogP contribution >= 0.6 is 0 Å². The van der Waals surface area contributed by atoms with Crippen molar-refractivity contribution in [1.29, 1.82) is 0 Å². The van der Waals surface area contributed by atoms with Gasteiger partial charge < -0.3 is 9.47 Å². The highest BCUT2D eigenvalue weighted by atomic mass is 19.4. The molecule has 1 rings (SSSR count). The highest BCUT2D eigenvalue weighted by molar-refractivity contribution is 5.69. The predicted octanol–water partition coefficient (Wildman–Crippen LogP) is 3.04. The molecule has 1 aromatic carbocycles. The van der Waals surface area contributed by atoms with Gasteiger partial charge in [0, 0.05) is 6.42 Å². The lowest BCUT2D eigenvalue weighted by molar-refractivity contribution is -0.140. The fraction of sp³-hybridized carbons (Fsp3) is 0.417. The van der Waals surface area contributed by atoms with Crippen molar-refractivity contribution < 1.29 is 27.4 Å². The second-order valence-electron chi connectivity index (χ2n) is 3.55. The number of alkyl halides is 3. The molecule has 0 aromatic heterocycles. The summed E-state index contributed by atoms with van der Waals surface area (Å²) >= 11 is 0. The van der Waals surface area contributed by atoms with Gasteiger partial charge in [-0.05, 0) is 24.6 Å². The maximum absolute atomic E-state index is 12.4. The summed E-state index contributed by atoms with van der Waals surface area (Å²) in [5.41, 5.74) is -0.757. The van der Waals surface area contributed by atoms with Gasteiger partial charge in [-0.2, -0.15) is 13.2 Å². The first-order chi connectivity index (χ1) is 8.43. The summed E-state index contributed by atoms with van der Waals surface area (Å²) in [4.78, 5) is 10.8. The van der Waals surface area contributed by atoms with Crippen molar-refractivity contribution in [2.45, 2.75) is 19.0 Å². The number of hydrogen-bond donors (Lipinski definition) is 0. The number of hydrogen-bond acceptors (Lipinski definition) is 3. The van der Waals surface area contributed by atoms with Gasteiger partial charge in [-0.15, -0.1) is 0 Å². The van der Waals surface area contributed by atoms with Crippen LogP contribution in [0.3, 0.4) is 0 Å². The Morgan fingerprint density at radius 1 is 1.33 bits per heavy atom. The number of methoxy groups -OCH3 is 1. The molecule has 0 saturated heterocycles. The van der Waals surface area contributed by atoms with E-state index in [2.05, 4.69) is 4.74 Å². The third-order valence-corrected chi connectivity index (χ3v) is 2.18. The molecule has 0 aliphatic rings. The minimum atomic E-state index is -4.38. The lowest BCUT2D eigenvalue weighted by Gasteiger charge is -2.09. The van der Waals surface area contributed by atoms with E-state index in [-0.39, 0.29) is 24.7 Å². The Balaban J connectivity index is 2.46. The molecule has 1 aromatic rings. The van der Waals surface area contributed by atoms with E-state index in [0.717, 1.165) is 12.1 Å². The van der Waals surface area contributed by atoms with E-state index >= 15 is 0 Å². The summed E-state index contributed by atoms with van der Waals surface area (Å²) in [6.45, 7) is 0.163. The second-order valence-corrected chi connectivity index (χ2v) is 3.55. The van der Waals surface area contributed by atoms with Gasteiger partial charge in [0.2, 0.25) is 0 Å². The first-order valence-corrected chi connectivity index (χ1v) is 5.30. The standard InChI is InChI=1S/C12H13F3O3/c1-17-11(16)6-3-7-18-10-5-2-4-9(8-10)12(13,14)15/h2,4-5,8H,3,6-7H2,1H3. The van der Waals surface area contributed by atoms with E-state index in [1.807, 2.05) is 0 Å². The van der Waals surface area contributed by atoms with E-state index < -0.39 is 11.7 Å². The number of halogens is 3. The van der Waals surface area contributed by atoms with Crippen molar-refractivity contribution in [2.24, 2.45) is 0 Å². The zero-order valence-corrected chi connectivity index (χ0v) is 9.79. The molecule has 0 spiro atoms. The van der Waals surface area contributed by atoms with Crippen LogP contribution in [-0.4, -0.2) is 19.7 Å². The van der Waals surface area contributed by atoms with Crippen LogP contribution in [-0.2, 0) is 15.7 Å². The van der Waals surface area contributed by atoms with Crippen LogP contribution in [0.2, 0.25) is 0 Å². The Labute approximate surface area is 103 Å². The molecule has 0 amide bonds. The van der Waals surface area contributed by atoms with Crippen LogP contribution in [0, 0.1) is 0 Å². The predicted molar refractivity (Wildman–Crippen MR) is 58.2 cm³/mol. The molecule has 0 aliphatic carbocycles.